The number of hydrogen-bond acceptors (Lipinski definition) is 6. The first-order valence-corrected chi connectivity index (χ1v) is 8.22. The molecule has 25 heavy (non-hydrogen) atoms. The highest BCUT2D eigenvalue weighted by atomic mass is 19.1. The number of benzene rings is 1. The number of hydrogen-bond donors (Lipinski definition) is 0. The van der Waals surface area contributed by atoms with Crippen molar-refractivity contribution in [2.75, 3.05) is 31.2 Å². The number of aromatic nitrogens is 4. The van der Waals surface area contributed by atoms with E-state index in [0.29, 0.717) is 54.7 Å². The molecule has 7 heteroatoms. The average Bonchev–Trinajstić information content (AvgIpc) is 2.61. The highest BCUT2D eigenvalue weighted by Gasteiger charge is 2.20. The first kappa shape index (κ1) is 15.8. The maximum atomic E-state index is 14.6. The number of fused-ring (bicyclic) bond motifs is 1. The van der Waals surface area contributed by atoms with Crippen molar-refractivity contribution in [1.82, 2.24) is 19.9 Å². The van der Waals surface area contributed by atoms with Crippen LogP contribution in [0.25, 0.3) is 22.4 Å². The lowest BCUT2D eigenvalue weighted by Gasteiger charge is -2.27. The molecule has 0 unspecified atom stereocenters. The number of nitrogens with zero attached hydrogens (tertiary/aromatic N) is 5. The molecule has 0 bridgehead atoms. The third kappa shape index (κ3) is 3.02. The van der Waals surface area contributed by atoms with Crippen molar-refractivity contribution in [2.24, 2.45) is 0 Å². The molecule has 0 radical (unpaired) electrons. The molecule has 0 aliphatic carbocycles. The molecule has 3 heterocycles. The van der Waals surface area contributed by atoms with Gasteiger partial charge >= 0.3 is 0 Å². The molecule has 0 amide bonds. The maximum Gasteiger partial charge on any atom is 0.228 e. The molecule has 0 saturated carbocycles. The fourth-order valence-corrected chi connectivity index (χ4v) is 2.89. The summed E-state index contributed by atoms with van der Waals surface area (Å²) < 4.78 is 20.0. The van der Waals surface area contributed by atoms with E-state index in [4.69, 9.17) is 4.74 Å². The Balaban J connectivity index is 1.94. The molecule has 1 fully saturated rings. The highest BCUT2D eigenvalue weighted by molar-refractivity contribution is 5.88. The molecule has 1 aliphatic heterocycles. The Kier molecular flexibility index (Phi) is 4.01. The Labute approximate surface area is 144 Å². The molecule has 1 aliphatic rings. The quantitative estimate of drug-likeness (QED) is 0.715. The zero-order chi connectivity index (χ0) is 17.4. The molecular formula is C18H18FN5O. The molecule has 0 N–H and O–H groups in total. The van der Waals surface area contributed by atoms with Gasteiger partial charge in [0, 0.05) is 24.8 Å². The van der Waals surface area contributed by atoms with E-state index in [9.17, 15) is 4.39 Å². The Hall–Kier alpha value is -2.67. The Morgan fingerprint density at radius 2 is 1.88 bits per heavy atom. The largest absolute Gasteiger partial charge is 0.378 e. The molecule has 1 aromatic carbocycles. The third-order valence-corrected chi connectivity index (χ3v) is 4.19. The van der Waals surface area contributed by atoms with Gasteiger partial charge < -0.3 is 9.64 Å². The summed E-state index contributed by atoms with van der Waals surface area (Å²) in [5.41, 5.74) is 3.48. The molecule has 0 atom stereocenters. The Morgan fingerprint density at radius 1 is 1.08 bits per heavy atom. The molecular weight excluding hydrogens is 321 g/mol. The lowest BCUT2D eigenvalue weighted by Crippen LogP contribution is -2.37. The van der Waals surface area contributed by atoms with Crippen molar-refractivity contribution in [2.45, 2.75) is 13.8 Å². The van der Waals surface area contributed by atoms with E-state index < -0.39 is 0 Å². The molecule has 4 rings (SSSR count). The smallest absolute Gasteiger partial charge is 0.228 e. The minimum Gasteiger partial charge on any atom is -0.378 e. The first-order valence-electron chi connectivity index (χ1n) is 8.22. The summed E-state index contributed by atoms with van der Waals surface area (Å²) in [6.07, 6.45) is 1.65. The first-order chi connectivity index (χ1) is 12.1. The van der Waals surface area contributed by atoms with Crippen molar-refractivity contribution < 1.29 is 9.13 Å². The van der Waals surface area contributed by atoms with Crippen LogP contribution in [-0.2, 0) is 4.74 Å². The predicted molar refractivity (Wildman–Crippen MR) is 93.0 cm³/mol. The number of rotatable bonds is 2. The molecule has 2 aromatic heterocycles. The predicted octanol–water partition coefficient (Wildman–Crippen LogP) is 2.68. The number of ether oxygens (including phenoxy) is 1. The highest BCUT2D eigenvalue weighted by Crippen LogP contribution is 2.29. The van der Waals surface area contributed by atoms with Crippen LogP contribution in [0.1, 0.15) is 11.3 Å². The summed E-state index contributed by atoms with van der Waals surface area (Å²) in [7, 11) is 0. The van der Waals surface area contributed by atoms with E-state index in [1.54, 1.807) is 12.3 Å². The van der Waals surface area contributed by atoms with Crippen LogP contribution < -0.4 is 4.90 Å². The number of morpholine rings is 1. The van der Waals surface area contributed by atoms with Gasteiger partial charge in [0.1, 0.15) is 17.0 Å². The van der Waals surface area contributed by atoms with Crippen LogP contribution in [0.3, 0.4) is 0 Å². The van der Waals surface area contributed by atoms with Crippen molar-refractivity contribution in [1.29, 1.82) is 0 Å². The minimum atomic E-state index is -0.324. The van der Waals surface area contributed by atoms with Gasteiger partial charge in [-0.2, -0.15) is 4.98 Å². The molecule has 6 nitrogen and oxygen atoms in total. The van der Waals surface area contributed by atoms with Gasteiger partial charge in [-0.25, -0.2) is 19.3 Å². The fourth-order valence-electron chi connectivity index (χ4n) is 2.89. The van der Waals surface area contributed by atoms with Gasteiger partial charge in [-0.05, 0) is 31.5 Å². The topological polar surface area (TPSA) is 64.0 Å². The lowest BCUT2D eigenvalue weighted by atomic mass is 10.1. The normalized spacial score (nSPS) is 14.9. The fraction of sp³-hybridized carbons (Fsp3) is 0.333. The van der Waals surface area contributed by atoms with Gasteiger partial charge in [-0.1, -0.05) is 6.07 Å². The number of aryl methyl sites for hydroxylation is 2. The van der Waals surface area contributed by atoms with Crippen LogP contribution in [0, 0.1) is 19.7 Å². The molecule has 1 saturated heterocycles. The third-order valence-electron chi connectivity index (χ3n) is 4.19. The Morgan fingerprint density at radius 3 is 2.64 bits per heavy atom. The molecule has 128 valence electrons. The van der Waals surface area contributed by atoms with E-state index >= 15 is 0 Å². The summed E-state index contributed by atoms with van der Waals surface area (Å²) in [5.74, 6) is 0.209. The van der Waals surface area contributed by atoms with E-state index in [1.807, 2.05) is 24.8 Å². The van der Waals surface area contributed by atoms with Crippen molar-refractivity contribution in [3.05, 3.63) is 41.5 Å². The lowest BCUT2D eigenvalue weighted by molar-refractivity contribution is 0.122. The van der Waals surface area contributed by atoms with Gasteiger partial charge in [-0.15, -0.1) is 0 Å². The van der Waals surface area contributed by atoms with Gasteiger partial charge in [-0.3, -0.25) is 0 Å². The van der Waals surface area contributed by atoms with Crippen LogP contribution in [0.4, 0.5) is 10.3 Å². The zero-order valence-electron chi connectivity index (χ0n) is 14.2. The van der Waals surface area contributed by atoms with Crippen LogP contribution in [-0.4, -0.2) is 46.2 Å². The summed E-state index contributed by atoms with van der Waals surface area (Å²) >= 11 is 0. The van der Waals surface area contributed by atoms with Gasteiger partial charge in [0.15, 0.2) is 5.65 Å². The summed E-state index contributed by atoms with van der Waals surface area (Å²) in [4.78, 5) is 20.1. The second-order valence-corrected chi connectivity index (χ2v) is 6.14. The van der Waals surface area contributed by atoms with Gasteiger partial charge in [0.05, 0.1) is 18.9 Å². The van der Waals surface area contributed by atoms with Gasteiger partial charge in [0.25, 0.3) is 0 Å². The van der Waals surface area contributed by atoms with Crippen LogP contribution >= 0.6 is 0 Å². The number of halogens is 1. The monoisotopic (exact) mass is 339 g/mol. The standard InChI is InChI=1S/C18H18FN5O/c1-11-3-4-13(14(19)9-11)15-16-17(21-12(2)10-20-16)23-18(22-15)24-5-7-25-8-6-24/h3-4,9-10H,5-8H2,1-2H3. The summed E-state index contributed by atoms with van der Waals surface area (Å²) in [6.45, 7) is 6.34. The van der Waals surface area contributed by atoms with Gasteiger partial charge in [0.2, 0.25) is 5.95 Å². The van der Waals surface area contributed by atoms with E-state index in [-0.39, 0.29) is 5.82 Å². The zero-order valence-corrected chi connectivity index (χ0v) is 14.2. The molecule has 0 spiro atoms. The second kappa shape index (κ2) is 6.33. The summed E-state index contributed by atoms with van der Waals surface area (Å²) in [6, 6.07) is 5.10. The van der Waals surface area contributed by atoms with Crippen molar-refractivity contribution in [3.63, 3.8) is 0 Å². The Bertz CT molecular complexity index is 940. The SMILES string of the molecule is Cc1ccc(-c2nc(N3CCOCC3)nc3nc(C)cnc23)c(F)c1. The number of anilines is 1. The van der Waals surface area contributed by atoms with E-state index in [2.05, 4.69) is 19.9 Å². The van der Waals surface area contributed by atoms with Crippen molar-refractivity contribution >= 4 is 17.1 Å². The maximum absolute atomic E-state index is 14.6. The average molecular weight is 339 g/mol. The van der Waals surface area contributed by atoms with E-state index in [0.717, 1.165) is 11.3 Å². The van der Waals surface area contributed by atoms with Crippen LogP contribution in [0.5, 0.6) is 0 Å². The summed E-state index contributed by atoms with van der Waals surface area (Å²) in [5, 5.41) is 0. The van der Waals surface area contributed by atoms with Crippen LogP contribution in [0.15, 0.2) is 24.4 Å². The molecule has 3 aromatic rings. The van der Waals surface area contributed by atoms with Crippen molar-refractivity contribution in [3.8, 4) is 11.3 Å². The van der Waals surface area contributed by atoms with Crippen LogP contribution in [0.2, 0.25) is 0 Å². The van der Waals surface area contributed by atoms with E-state index in [1.165, 1.54) is 6.07 Å². The minimum absolute atomic E-state index is 0.324. The second-order valence-electron chi connectivity index (χ2n) is 6.14.